The van der Waals surface area contributed by atoms with Gasteiger partial charge in [-0.2, -0.15) is 10.4 Å². The van der Waals surface area contributed by atoms with Crippen molar-refractivity contribution in [2.24, 2.45) is 5.10 Å². The summed E-state index contributed by atoms with van der Waals surface area (Å²) in [4.78, 5) is 0. The molecule has 0 spiro atoms. The van der Waals surface area contributed by atoms with Gasteiger partial charge in [-0.05, 0) is 6.07 Å². The summed E-state index contributed by atoms with van der Waals surface area (Å²) in [6.07, 6.45) is 6.69. The summed E-state index contributed by atoms with van der Waals surface area (Å²) >= 11 is 0. The van der Waals surface area contributed by atoms with Crippen LogP contribution in [-0.2, 0) is 6.54 Å². The van der Waals surface area contributed by atoms with Crippen LogP contribution in [0.1, 0.15) is 5.56 Å². The van der Waals surface area contributed by atoms with Gasteiger partial charge >= 0.3 is 0 Å². The number of rotatable bonds is 3. The average molecular weight is 250 g/mol. The molecule has 2 aromatic heterocycles. The second-order valence-corrected chi connectivity index (χ2v) is 3.97. The third-order valence-electron chi connectivity index (χ3n) is 2.80. The summed E-state index contributed by atoms with van der Waals surface area (Å²) in [7, 11) is 0. The van der Waals surface area contributed by atoms with E-state index in [0.29, 0.717) is 6.54 Å². The summed E-state index contributed by atoms with van der Waals surface area (Å²) in [5.74, 6) is 0. The number of para-hydroxylation sites is 1. The van der Waals surface area contributed by atoms with Crippen LogP contribution in [0.3, 0.4) is 0 Å². The summed E-state index contributed by atoms with van der Waals surface area (Å²) < 4.78 is 3.43. The maximum absolute atomic E-state index is 8.84. The van der Waals surface area contributed by atoms with Crippen LogP contribution in [0, 0.1) is 11.3 Å². The third kappa shape index (κ3) is 2.09. The summed E-state index contributed by atoms with van der Waals surface area (Å²) in [5.41, 5.74) is 1.98. The molecule has 0 saturated heterocycles. The predicted molar refractivity (Wildman–Crippen MR) is 70.6 cm³/mol. The van der Waals surface area contributed by atoms with E-state index in [2.05, 4.69) is 21.4 Å². The van der Waals surface area contributed by atoms with E-state index in [9.17, 15) is 0 Å². The fraction of sp³-hybridized carbons (Fsp3) is 0.0769. The highest BCUT2D eigenvalue weighted by atomic mass is 15.4. The zero-order valence-corrected chi connectivity index (χ0v) is 10.0. The number of fused-ring (bicyclic) bond motifs is 1. The van der Waals surface area contributed by atoms with Crippen molar-refractivity contribution in [3.63, 3.8) is 0 Å². The molecule has 6 heteroatoms. The molecule has 0 unspecified atom stereocenters. The van der Waals surface area contributed by atoms with Gasteiger partial charge in [-0.3, -0.25) is 0 Å². The Balaban J connectivity index is 2.06. The zero-order chi connectivity index (χ0) is 13.1. The highest BCUT2D eigenvalue weighted by Gasteiger charge is 2.05. The minimum absolute atomic E-state index is 0.320. The smallest absolute Gasteiger partial charge is 0.141 e. The predicted octanol–water partition coefficient (Wildman–Crippen LogP) is 1.64. The lowest BCUT2D eigenvalue weighted by Gasteiger charge is -1.96. The number of hydrogen-bond donors (Lipinski definition) is 0. The molecule has 0 aliphatic rings. The zero-order valence-electron chi connectivity index (χ0n) is 10.0. The van der Waals surface area contributed by atoms with Gasteiger partial charge in [0.25, 0.3) is 0 Å². The molecule has 0 N–H and O–H groups in total. The van der Waals surface area contributed by atoms with Gasteiger partial charge in [0.1, 0.15) is 19.2 Å². The normalized spacial score (nSPS) is 11.1. The van der Waals surface area contributed by atoms with E-state index < -0.39 is 0 Å². The quantitative estimate of drug-likeness (QED) is 0.663. The highest BCUT2D eigenvalue weighted by molar-refractivity contribution is 5.99. The van der Waals surface area contributed by atoms with Gasteiger partial charge < -0.3 is 4.57 Å². The first kappa shape index (κ1) is 11.2. The van der Waals surface area contributed by atoms with E-state index in [0.717, 1.165) is 16.5 Å². The Morgan fingerprint density at radius 1 is 1.26 bits per heavy atom. The van der Waals surface area contributed by atoms with E-state index in [4.69, 9.17) is 5.26 Å². The Morgan fingerprint density at radius 3 is 2.84 bits per heavy atom. The Bertz CT molecular complexity index is 760. The van der Waals surface area contributed by atoms with Crippen LogP contribution in [0.4, 0.5) is 0 Å². The SMILES string of the molecule is N#CCn1cc(/C=N\n2cnnc2)c2ccccc21. The van der Waals surface area contributed by atoms with Crippen molar-refractivity contribution in [2.75, 3.05) is 0 Å². The third-order valence-corrected chi connectivity index (χ3v) is 2.80. The molecule has 3 rings (SSSR count). The number of nitrogens with zero attached hydrogens (tertiary/aromatic N) is 6. The van der Waals surface area contributed by atoms with E-state index in [1.807, 2.05) is 35.0 Å². The maximum Gasteiger partial charge on any atom is 0.141 e. The first-order valence-electron chi connectivity index (χ1n) is 5.72. The van der Waals surface area contributed by atoms with E-state index in [1.165, 1.54) is 17.3 Å². The lowest BCUT2D eigenvalue weighted by Crippen LogP contribution is -1.92. The van der Waals surface area contributed by atoms with Crippen molar-refractivity contribution in [3.05, 3.63) is 48.7 Å². The van der Waals surface area contributed by atoms with Crippen molar-refractivity contribution in [1.82, 2.24) is 19.4 Å². The second-order valence-electron chi connectivity index (χ2n) is 3.97. The van der Waals surface area contributed by atoms with Crippen LogP contribution in [0.15, 0.2) is 48.2 Å². The molecule has 6 nitrogen and oxygen atoms in total. The van der Waals surface area contributed by atoms with Gasteiger partial charge in [0.2, 0.25) is 0 Å². The minimum atomic E-state index is 0.320. The molecule has 1 aromatic carbocycles. The first-order chi connectivity index (χ1) is 9.38. The summed E-state index contributed by atoms with van der Waals surface area (Å²) in [5, 5.41) is 21.5. The molecule has 0 amide bonds. The van der Waals surface area contributed by atoms with E-state index in [1.54, 1.807) is 6.21 Å². The van der Waals surface area contributed by atoms with Gasteiger partial charge in [0.15, 0.2) is 0 Å². The Kier molecular flexibility index (Phi) is 2.79. The van der Waals surface area contributed by atoms with Crippen LogP contribution < -0.4 is 0 Å². The molecule has 2 heterocycles. The van der Waals surface area contributed by atoms with Crippen LogP contribution in [0.25, 0.3) is 10.9 Å². The van der Waals surface area contributed by atoms with Crippen molar-refractivity contribution in [3.8, 4) is 6.07 Å². The van der Waals surface area contributed by atoms with Crippen LogP contribution in [0.5, 0.6) is 0 Å². The Labute approximate surface area is 109 Å². The molecular weight excluding hydrogens is 240 g/mol. The van der Waals surface area contributed by atoms with Crippen molar-refractivity contribution in [2.45, 2.75) is 6.54 Å². The molecule has 0 bridgehead atoms. The number of aromatic nitrogens is 4. The maximum atomic E-state index is 8.84. The van der Waals surface area contributed by atoms with Crippen LogP contribution in [0.2, 0.25) is 0 Å². The van der Waals surface area contributed by atoms with Crippen LogP contribution in [-0.4, -0.2) is 25.7 Å². The number of benzene rings is 1. The molecule has 0 atom stereocenters. The van der Waals surface area contributed by atoms with Crippen molar-refractivity contribution in [1.29, 1.82) is 5.26 Å². The van der Waals surface area contributed by atoms with Crippen molar-refractivity contribution < 1.29 is 0 Å². The average Bonchev–Trinajstić information content (AvgIpc) is 3.06. The number of hydrogen-bond acceptors (Lipinski definition) is 4. The monoisotopic (exact) mass is 250 g/mol. The molecule has 0 aliphatic heterocycles. The standard InChI is InChI=1S/C13H10N6/c14-5-6-18-8-11(7-17-19-9-15-16-10-19)12-3-1-2-4-13(12)18/h1-4,7-10H,6H2/b17-7-. The fourth-order valence-corrected chi connectivity index (χ4v) is 1.97. The van der Waals surface area contributed by atoms with Gasteiger partial charge in [-0.1, -0.05) is 18.2 Å². The lowest BCUT2D eigenvalue weighted by atomic mass is 10.2. The first-order valence-corrected chi connectivity index (χ1v) is 5.72. The molecule has 92 valence electrons. The lowest BCUT2D eigenvalue weighted by molar-refractivity contribution is 0.869. The van der Waals surface area contributed by atoms with E-state index >= 15 is 0 Å². The molecule has 0 saturated carbocycles. The highest BCUT2D eigenvalue weighted by Crippen LogP contribution is 2.19. The fourth-order valence-electron chi connectivity index (χ4n) is 1.97. The Morgan fingerprint density at radius 2 is 2.05 bits per heavy atom. The largest absolute Gasteiger partial charge is 0.333 e. The molecular formula is C13H10N6. The van der Waals surface area contributed by atoms with Crippen molar-refractivity contribution >= 4 is 17.1 Å². The van der Waals surface area contributed by atoms with Gasteiger partial charge in [0, 0.05) is 22.7 Å². The van der Waals surface area contributed by atoms with Gasteiger partial charge in [-0.15, -0.1) is 10.2 Å². The molecule has 0 radical (unpaired) electrons. The molecule has 3 aromatic rings. The summed E-state index contributed by atoms with van der Waals surface area (Å²) in [6, 6.07) is 10.1. The van der Waals surface area contributed by atoms with Gasteiger partial charge in [0.05, 0.1) is 12.3 Å². The topological polar surface area (TPSA) is 71.8 Å². The Hall–Kier alpha value is -2.94. The molecule has 19 heavy (non-hydrogen) atoms. The van der Waals surface area contributed by atoms with Crippen LogP contribution >= 0.6 is 0 Å². The summed E-state index contributed by atoms with van der Waals surface area (Å²) in [6.45, 7) is 0.320. The second kappa shape index (κ2) is 4.74. The number of nitriles is 1. The minimum Gasteiger partial charge on any atom is -0.333 e. The molecule has 0 fully saturated rings. The van der Waals surface area contributed by atoms with Gasteiger partial charge in [-0.25, -0.2) is 4.68 Å². The van der Waals surface area contributed by atoms with E-state index in [-0.39, 0.29) is 0 Å². The molecule has 0 aliphatic carbocycles.